The first-order chi connectivity index (χ1) is 15.8. The van der Waals surface area contributed by atoms with Gasteiger partial charge in [0.25, 0.3) is 5.91 Å². The molecule has 1 aromatic heterocycles. The Bertz CT molecular complexity index is 1190. The third kappa shape index (κ3) is 4.89. The number of imidazole rings is 1. The van der Waals surface area contributed by atoms with Gasteiger partial charge in [-0.2, -0.15) is 0 Å². The smallest absolute Gasteiger partial charge is 0.255 e. The van der Waals surface area contributed by atoms with E-state index in [2.05, 4.69) is 22.5 Å². The molecule has 2 N–H and O–H groups in total. The summed E-state index contributed by atoms with van der Waals surface area (Å²) in [5.41, 5.74) is 1.77. The van der Waals surface area contributed by atoms with Crippen LogP contribution in [0, 0.1) is 11.7 Å². The largest absolute Gasteiger partial charge is 0.493 e. The van der Waals surface area contributed by atoms with Crippen LogP contribution in [-0.4, -0.2) is 28.1 Å². The molecule has 0 saturated heterocycles. The molecule has 0 spiro atoms. The van der Waals surface area contributed by atoms with Crippen molar-refractivity contribution in [2.24, 2.45) is 13.0 Å². The van der Waals surface area contributed by atoms with E-state index in [9.17, 15) is 9.18 Å². The summed E-state index contributed by atoms with van der Waals surface area (Å²) in [4.78, 5) is 17.7. The van der Waals surface area contributed by atoms with Gasteiger partial charge in [-0.15, -0.1) is 0 Å². The van der Waals surface area contributed by atoms with Crippen molar-refractivity contribution in [3.8, 4) is 5.75 Å². The Balaban J connectivity index is 1.67. The van der Waals surface area contributed by atoms with Crippen molar-refractivity contribution in [3.63, 3.8) is 0 Å². The maximum atomic E-state index is 14.5. The molecule has 0 bridgehead atoms. The minimum absolute atomic E-state index is 0.0390. The number of amides is 1. The number of halogens is 3. The van der Waals surface area contributed by atoms with Gasteiger partial charge in [-0.25, -0.2) is 9.37 Å². The van der Waals surface area contributed by atoms with Crippen LogP contribution in [0.25, 0.3) is 11.0 Å². The van der Waals surface area contributed by atoms with Crippen LogP contribution in [0.15, 0.2) is 24.3 Å². The SMILES string of the molecule is CCOc1cc2c(cc1C(=O)NC1CCC(C)CC1)nc(Nc1c(Cl)ccc(Cl)c1F)n2C. The molecule has 1 aliphatic rings. The van der Waals surface area contributed by atoms with E-state index in [1.165, 1.54) is 12.1 Å². The van der Waals surface area contributed by atoms with Gasteiger partial charge in [0.15, 0.2) is 5.82 Å². The summed E-state index contributed by atoms with van der Waals surface area (Å²) in [7, 11) is 1.78. The predicted molar refractivity (Wildman–Crippen MR) is 130 cm³/mol. The standard InChI is InChI=1S/C24H27Cl2FN4O2/c1-4-33-20-12-19-18(11-15(20)23(32)28-14-7-5-13(2)6-8-14)29-24(31(19)3)30-22-17(26)10-9-16(25)21(22)27/h9-14H,4-8H2,1-3H3,(H,28,32)(H,29,30). The molecule has 0 radical (unpaired) electrons. The van der Waals surface area contributed by atoms with Crippen molar-refractivity contribution >= 4 is 51.8 Å². The van der Waals surface area contributed by atoms with Crippen molar-refractivity contribution in [2.45, 2.75) is 45.6 Å². The predicted octanol–water partition coefficient (Wildman–Crippen LogP) is 6.47. The molecule has 33 heavy (non-hydrogen) atoms. The summed E-state index contributed by atoms with van der Waals surface area (Å²) in [6, 6.07) is 6.56. The number of anilines is 2. The summed E-state index contributed by atoms with van der Waals surface area (Å²) >= 11 is 12.1. The average molecular weight is 493 g/mol. The first-order valence-electron chi connectivity index (χ1n) is 11.1. The van der Waals surface area contributed by atoms with Gasteiger partial charge < -0.3 is 19.9 Å². The molecular weight excluding hydrogens is 466 g/mol. The van der Waals surface area contributed by atoms with Crippen LogP contribution in [-0.2, 0) is 7.05 Å². The zero-order valence-corrected chi connectivity index (χ0v) is 20.4. The monoisotopic (exact) mass is 492 g/mol. The van der Waals surface area contributed by atoms with Gasteiger partial charge in [0.2, 0.25) is 5.95 Å². The number of hydrogen-bond acceptors (Lipinski definition) is 4. The number of nitrogens with zero attached hydrogens (tertiary/aromatic N) is 2. The second-order valence-electron chi connectivity index (χ2n) is 8.54. The Hall–Kier alpha value is -2.51. The number of benzene rings is 2. The third-order valence-electron chi connectivity index (χ3n) is 6.16. The van der Waals surface area contributed by atoms with Gasteiger partial charge in [-0.3, -0.25) is 4.79 Å². The van der Waals surface area contributed by atoms with Crippen molar-refractivity contribution in [3.05, 3.63) is 45.7 Å². The van der Waals surface area contributed by atoms with Crippen LogP contribution < -0.4 is 15.4 Å². The lowest BCUT2D eigenvalue weighted by Gasteiger charge is -2.27. The molecule has 0 atom stereocenters. The molecule has 1 fully saturated rings. The summed E-state index contributed by atoms with van der Waals surface area (Å²) in [5.74, 6) is 0.699. The van der Waals surface area contributed by atoms with Crippen LogP contribution in [0.1, 0.15) is 49.9 Å². The Kier molecular flexibility index (Phi) is 7.00. The van der Waals surface area contributed by atoms with Crippen LogP contribution in [0.3, 0.4) is 0 Å². The molecule has 6 nitrogen and oxygen atoms in total. The quantitative estimate of drug-likeness (QED) is 0.386. The van der Waals surface area contributed by atoms with Gasteiger partial charge >= 0.3 is 0 Å². The molecular formula is C24H27Cl2FN4O2. The molecule has 1 amide bonds. The zero-order chi connectivity index (χ0) is 23.7. The van der Waals surface area contributed by atoms with Crippen LogP contribution in [0.4, 0.5) is 16.0 Å². The molecule has 2 aromatic carbocycles. The molecule has 4 rings (SSSR count). The topological polar surface area (TPSA) is 68.2 Å². The second kappa shape index (κ2) is 9.77. The van der Waals surface area contributed by atoms with E-state index in [4.69, 9.17) is 27.9 Å². The van der Waals surface area contributed by atoms with Crippen molar-refractivity contribution in [2.75, 3.05) is 11.9 Å². The van der Waals surface area contributed by atoms with E-state index < -0.39 is 5.82 Å². The number of rotatable bonds is 6. The Morgan fingerprint density at radius 3 is 2.61 bits per heavy atom. The van der Waals surface area contributed by atoms with Gasteiger partial charge in [-0.05, 0) is 56.7 Å². The summed E-state index contributed by atoms with van der Waals surface area (Å²) in [6.45, 7) is 4.53. The number of nitrogens with one attached hydrogen (secondary N) is 2. The highest BCUT2D eigenvalue weighted by Gasteiger charge is 2.24. The maximum Gasteiger partial charge on any atom is 0.255 e. The van der Waals surface area contributed by atoms with Gasteiger partial charge in [0.1, 0.15) is 5.75 Å². The van der Waals surface area contributed by atoms with E-state index in [0.717, 1.165) is 31.2 Å². The first kappa shape index (κ1) is 23.6. The Morgan fingerprint density at radius 2 is 1.91 bits per heavy atom. The van der Waals surface area contributed by atoms with Gasteiger partial charge in [-0.1, -0.05) is 30.1 Å². The second-order valence-corrected chi connectivity index (χ2v) is 9.35. The highest BCUT2D eigenvalue weighted by Crippen LogP contribution is 2.34. The number of carbonyl (C=O) groups excluding carboxylic acids is 1. The molecule has 0 unspecified atom stereocenters. The number of carbonyl (C=O) groups is 1. The van der Waals surface area contributed by atoms with Crippen LogP contribution >= 0.6 is 23.2 Å². The maximum absolute atomic E-state index is 14.5. The number of aromatic nitrogens is 2. The summed E-state index contributed by atoms with van der Waals surface area (Å²) < 4.78 is 22.1. The van der Waals surface area contributed by atoms with Crippen molar-refractivity contribution in [1.82, 2.24) is 14.9 Å². The van der Waals surface area contributed by atoms with Crippen molar-refractivity contribution in [1.29, 1.82) is 0 Å². The molecule has 1 aliphatic carbocycles. The number of hydrogen-bond donors (Lipinski definition) is 2. The highest BCUT2D eigenvalue weighted by atomic mass is 35.5. The summed E-state index contributed by atoms with van der Waals surface area (Å²) in [5, 5.41) is 6.21. The molecule has 1 heterocycles. The van der Waals surface area contributed by atoms with Crippen LogP contribution in [0.5, 0.6) is 5.75 Å². The molecule has 1 saturated carbocycles. The minimum atomic E-state index is -0.659. The van der Waals surface area contributed by atoms with Crippen LogP contribution in [0.2, 0.25) is 10.0 Å². The minimum Gasteiger partial charge on any atom is -0.493 e. The van der Waals surface area contributed by atoms with E-state index in [1.807, 2.05) is 6.92 Å². The van der Waals surface area contributed by atoms with E-state index in [1.54, 1.807) is 23.7 Å². The molecule has 0 aliphatic heterocycles. The Labute approximate surface area is 202 Å². The molecule has 3 aromatic rings. The fraction of sp³-hybridized carbons (Fsp3) is 0.417. The lowest BCUT2D eigenvalue weighted by molar-refractivity contribution is 0.0919. The molecule has 176 valence electrons. The summed E-state index contributed by atoms with van der Waals surface area (Å²) in [6.07, 6.45) is 4.17. The van der Waals surface area contributed by atoms with Crippen molar-refractivity contribution < 1.29 is 13.9 Å². The number of fused-ring (bicyclic) bond motifs is 1. The van der Waals surface area contributed by atoms with Gasteiger partial charge in [0, 0.05) is 19.2 Å². The lowest BCUT2D eigenvalue weighted by Crippen LogP contribution is -2.37. The third-order valence-corrected chi connectivity index (χ3v) is 6.77. The first-order valence-corrected chi connectivity index (χ1v) is 11.9. The van der Waals surface area contributed by atoms with Gasteiger partial charge in [0.05, 0.1) is 38.9 Å². The number of ether oxygens (including phenoxy) is 1. The highest BCUT2D eigenvalue weighted by molar-refractivity contribution is 6.35. The average Bonchev–Trinajstić information content (AvgIpc) is 3.09. The Morgan fingerprint density at radius 1 is 1.21 bits per heavy atom. The zero-order valence-electron chi connectivity index (χ0n) is 18.8. The van der Waals surface area contributed by atoms with E-state index in [-0.39, 0.29) is 27.7 Å². The van der Waals surface area contributed by atoms with E-state index >= 15 is 0 Å². The van der Waals surface area contributed by atoms with E-state index in [0.29, 0.717) is 35.3 Å². The fourth-order valence-corrected chi connectivity index (χ4v) is 4.55. The fourth-order valence-electron chi connectivity index (χ4n) is 4.20. The molecule has 9 heteroatoms. The normalized spacial score (nSPS) is 18.4. The number of aryl methyl sites for hydroxylation is 1. The lowest BCUT2D eigenvalue weighted by atomic mass is 9.87.